The molecular formula is C17H17NO5. The molecular weight excluding hydrogens is 298 g/mol. The van der Waals surface area contributed by atoms with Gasteiger partial charge in [0.25, 0.3) is 0 Å². The number of rotatable bonds is 5. The van der Waals surface area contributed by atoms with Crippen molar-refractivity contribution in [2.24, 2.45) is 0 Å². The van der Waals surface area contributed by atoms with Crippen molar-refractivity contribution in [2.75, 3.05) is 0 Å². The van der Waals surface area contributed by atoms with Crippen LogP contribution >= 0.6 is 0 Å². The summed E-state index contributed by atoms with van der Waals surface area (Å²) in [5, 5.41) is 20.4. The van der Waals surface area contributed by atoms with Crippen LogP contribution in [0.15, 0.2) is 39.2 Å². The van der Waals surface area contributed by atoms with E-state index >= 15 is 0 Å². The Hall–Kier alpha value is -2.41. The molecule has 1 aromatic carbocycles. The Labute approximate surface area is 132 Å². The van der Waals surface area contributed by atoms with Crippen molar-refractivity contribution in [1.29, 1.82) is 0 Å². The van der Waals surface area contributed by atoms with Gasteiger partial charge in [-0.1, -0.05) is 6.07 Å². The van der Waals surface area contributed by atoms with Crippen LogP contribution in [0.5, 0.6) is 0 Å². The summed E-state index contributed by atoms with van der Waals surface area (Å²) in [6, 6.07) is 8.64. The van der Waals surface area contributed by atoms with Crippen molar-refractivity contribution in [3.8, 4) is 11.3 Å². The molecule has 23 heavy (non-hydrogen) atoms. The first-order chi connectivity index (χ1) is 11.0. The quantitative estimate of drug-likeness (QED) is 0.706. The monoisotopic (exact) mass is 315 g/mol. The number of carbonyl (C=O) groups excluding carboxylic acids is 1. The molecule has 0 saturated heterocycles. The summed E-state index contributed by atoms with van der Waals surface area (Å²) in [4.78, 5) is 11.3. The first-order valence-electron chi connectivity index (χ1n) is 7.31. The summed E-state index contributed by atoms with van der Waals surface area (Å²) in [6.45, 7) is 3.35. The zero-order chi connectivity index (χ0) is 16.6. The van der Waals surface area contributed by atoms with Gasteiger partial charge in [0.2, 0.25) is 5.69 Å². The van der Waals surface area contributed by atoms with Crippen LogP contribution in [0.1, 0.15) is 24.9 Å². The van der Waals surface area contributed by atoms with E-state index in [1.165, 1.54) is 13.0 Å². The van der Waals surface area contributed by atoms with Crippen LogP contribution in [-0.2, 0) is 11.2 Å². The summed E-state index contributed by atoms with van der Waals surface area (Å²) < 4.78 is 11.5. The van der Waals surface area contributed by atoms with E-state index < -0.39 is 5.23 Å². The molecule has 1 unspecified atom stereocenters. The van der Waals surface area contributed by atoms with Gasteiger partial charge in [0.15, 0.2) is 5.58 Å². The number of hydrogen-bond donors (Lipinski definition) is 2. The van der Waals surface area contributed by atoms with E-state index in [2.05, 4.69) is 0 Å². The SMILES string of the molecule is CC(=O)CCc1oc2c([NH+]([O-])O)cccc2c1-c1ccc(C)o1. The molecule has 2 heterocycles. The maximum absolute atomic E-state index is 11.4. The summed E-state index contributed by atoms with van der Waals surface area (Å²) in [5.41, 5.74) is 1.13. The van der Waals surface area contributed by atoms with E-state index in [4.69, 9.17) is 8.83 Å². The average molecular weight is 315 g/mol. The molecule has 120 valence electrons. The van der Waals surface area contributed by atoms with Crippen molar-refractivity contribution in [1.82, 2.24) is 0 Å². The summed E-state index contributed by atoms with van der Waals surface area (Å²) in [6.07, 6.45) is 0.729. The Balaban J connectivity index is 2.22. The number of benzene rings is 1. The fourth-order valence-corrected chi connectivity index (χ4v) is 2.64. The van der Waals surface area contributed by atoms with Gasteiger partial charge in [-0.2, -0.15) is 5.23 Å². The predicted octanol–water partition coefficient (Wildman–Crippen LogP) is 2.93. The van der Waals surface area contributed by atoms with E-state index in [1.54, 1.807) is 12.1 Å². The molecule has 2 aromatic heterocycles. The lowest BCUT2D eigenvalue weighted by molar-refractivity contribution is -0.990. The lowest BCUT2D eigenvalue weighted by atomic mass is 10.0. The average Bonchev–Trinajstić information content (AvgIpc) is 3.07. The number of carbonyl (C=O) groups is 1. The molecule has 0 radical (unpaired) electrons. The van der Waals surface area contributed by atoms with Gasteiger partial charge in [-0.25, -0.2) is 5.21 Å². The van der Waals surface area contributed by atoms with Crippen molar-refractivity contribution in [3.63, 3.8) is 0 Å². The van der Waals surface area contributed by atoms with Crippen molar-refractivity contribution in [3.05, 3.63) is 47.1 Å². The summed E-state index contributed by atoms with van der Waals surface area (Å²) >= 11 is 0. The second kappa shape index (κ2) is 6.00. The largest absolute Gasteiger partial charge is 0.595 e. The van der Waals surface area contributed by atoms with Gasteiger partial charge in [0.05, 0.1) is 5.56 Å². The molecule has 0 fully saturated rings. The number of furan rings is 2. The van der Waals surface area contributed by atoms with Crippen LogP contribution in [0.25, 0.3) is 22.3 Å². The summed E-state index contributed by atoms with van der Waals surface area (Å²) in [5.74, 6) is 1.98. The Morgan fingerprint density at radius 2 is 2.04 bits per heavy atom. The highest BCUT2D eigenvalue weighted by Gasteiger charge is 2.22. The van der Waals surface area contributed by atoms with Crippen LogP contribution in [0.4, 0.5) is 5.69 Å². The van der Waals surface area contributed by atoms with Gasteiger partial charge in [-0.15, -0.1) is 0 Å². The second-order valence-electron chi connectivity index (χ2n) is 5.50. The third-order valence-electron chi connectivity index (χ3n) is 3.71. The van der Waals surface area contributed by atoms with Gasteiger partial charge in [-0.05, 0) is 32.0 Å². The third kappa shape index (κ3) is 2.92. The molecule has 0 spiro atoms. The Bertz CT molecular complexity index is 859. The highest BCUT2D eigenvalue weighted by atomic mass is 16.8. The second-order valence-corrected chi connectivity index (χ2v) is 5.50. The number of hydrogen-bond acceptors (Lipinski definition) is 5. The molecule has 0 aliphatic carbocycles. The molecule has 0 aliphatic rings. The molecule has 3 aromatic rings. The Morgan fingerprint density at radius 3 is 2.65 bits per heavy atom. The number of quaternary nitrogens is 1. The van der Waals surface area contributed by atoms with E-state index in [1.807, 2.05) is 19.1 Å². The lowest BCUT2D eigenvalue weighted by Crippen LogP contribution is -2.99. The van der Waals surface area contributed by atoms with Crippen LogP contribution < -0.4 is 5.23 Å². The molecule has 0 bridgehead atoms. The van der Waals surface area contributed by atoms with E-state index in [0.717, 1.165) is 11.3 Å². The first kappa shape index (κ1) is 15.5. The molecule has 0 aliphatic heterocycles. The van der Waals surface area contributed by atoms with Crippen molar-refractivity contribution < 1.29 is 24.1 Å². The first-order valence-corrected chi connectivity index (χ1v) is 7.31. The minimum absolute atomic E-state index is 0.0467. The normalized spacial score (nSPS) is 12.7. The van der Waals surface area contributed by atoms with Gasteiger partial charge < -0.3 is 18.8 Å². The van der Waals surface area contributed by atoms with Crippen LogP contribution in [0, 0.1) is 12.1 Å². The highest BCUT2D eigenvalue weighted by Crippen LogP contribution is 2.38. The maximum atomic E-state index is 11.4. The van der Waals surface area contributed by atoms with Gasteiger partial charge in [0, 0.05) is 24.3 Å². The Morgan fingerprint density at radius 1 is 1.26 bits per heavy atom. The minimum atomic E-state index is -1.05. The standard InChI is InChI=1S/C17H17NO5/c1-10(19)6-8-15-16(14-9-7-11(2)22-14)12-4-3-5-13(18(20)21)17(12)23-15/h3-5,7,9,18,20H,6,8H2,1-2H3. The van der Waals surface area contributed by atoms with E-state index in [0.29, 0.717) is 35.3 Å². The van der Waals surface area contributed by atoms with Gasteiger partial charge in [-0.3, -0.25) is 0 Å². The van der Waals surface area contributed by atoms with Crippen LogP contribution in [0.2, 0.25) is 0 Å². The van der Waals surface area contributed by atoms with Gasteiger partial charge in [0.1, 0.15) is 23.1 Å². The fraction of sp³-hybridized carbons (Fsp3) is 0.235. The molecule has 0 saturated carbocycles. The highest BCUT2D eigenvalue weighted by molar-refractivity contribution is 5.98. The molecule has 6 nitrogen and oxygen atoms in total. The number of nitrogens with one attached hydrogen (secondary N) is 1. The van der Waals surface area contributed by atoms with Crippen LogP contribution in [0.3, 0.4) is 0 Å². The van der Waals surface area contributed by atoms with Crippen molar-refractivity contribution >= 4 is 22.4 Å². The molecule has 2 N–H and O–H groups in total. The molecule has 3 rings (SSSR count). The predicted molar refractivity (Wildman–Crippen MR) is 83.4 cm³/mol. The zero-order valence-electron chi connectivity index (χ0n) is 12.9. The summed E-state index contributed by atoms with van der Waals surface area (Å²) in [7, 11) is 0. The molecule has 6 heteroatoms. The molecule has 1 atom stereocenters. The third-order valence-corrected chi connectivity index (χ3v) is 3.71. The smallest absolute Gasteiger partial charge is 0.207 e. The number of ketones is 1. The van der Waals surface area contributed by atoms with Crippen molar-refractivity contribution in [2.45, 2.75) is 26.7 Å². The minimum Gasteiger partial charge on any atom is -0.595 e. The number of aryl methyl sites for hydroxylation is 2. The van der Waals surface area contributed by atoms with Gasteiger partial charge >= 0.3 is 0 Å². The lowest BCUT2D eigenvalue weighted by Gasteiger charge is -2.10. The van der Waals surface area contributed by atoms with Crippen LogP contribution in [-0.4, -0.2) is 11.0 Å². The fourth-order valence-electron chi connectivity index (χ4n) is 2.64. The van der Waals surface area contributed by atoms with E-state index in [-0.39, 0.29) is 11.5 Å². The zero-order valence-corrected chi connectivity index (χ0v) is 12.9. The maximum Gasteiger partial charge on any atom is 0.207 e. The number of para-hydroxylation sites is 1. The number of Topliss-reactive ketones (excluding diaryl/α,β-unsaturated/α-hetero) is 1. The Kier molecular flexibility index (Phi) is 4.04. The molecule has 0 amide bonds. The number of fused-ring (bicyclic) bond motifs is 1. The topological polar surface area (TPSA) is 91.1 Å². The van der Waals surface area contributed by atoms with E-state index in [9.17, 15) is 15.2 Å².